The van der Waals surface area contributed by atoms with Gasteiger partial charge in [0, 0.05) is 18.7 Å². The van der Waals surface area contributed by atoms with Crippen molar-refractivity contribution in [1.29, 1.82) is 0 Å². The van der Waals surface area contributed by atoms with Gasteiger partial charge >= 0.3 is 5.97 Å². The zero-order valence-corrected chi connectivity index (χ0v) is 19.0. The number of carbonyl (C=O) groups excluding carboxylic acids is 4. The van der Waals surface area contributed by atoms with E-state index in [2.05, 4.69) is 0 Å². The second-order valence-electron chi connectivity index (χ2n) is 10.1. The van der Waals surface area contributed by atoms with Crippen LogP contribution in [0.5, 0.6) is 5.75 Å². The molecule has 3 amide bonds. The number of nitrogens with zero attached hydrogens (tertiary/aromatic N) is 2. The number of hydrogen-bond donors (Lipinski definition) is 0. The van der Waals surface area contributed by atoms with E-state index in [1.54, 1.807) is 29.2 Å². The highest BCUT2D eigenvalue weighted by Crippen LogP contribution is 2.56. The Hall–Kier alpha value is -3.48. The fourth-order valence-corrected chi connectivity index (χ4v) is 6.44. The van der Waals surface area contributed by atoms with Crippen molar-refractivity contribution < 1.29 is 23.9 Å². The Morgan fingerprint density at radius 1 is 0.912 bits per heavy atom. The van der Waals surface area contributed by atoms with Crippen molar-refractivity contribution in [3.05, 3.63) is 54.1 Å². The zero-order chi connectivity index (χ0) is 23.6. The third kappa shape index (κ3) is 3.25. The highest BCUT2D eigenvalue weighted by Gasteiger charge is 2.61. The van der Waals surface area contributed by atoms with Crippen LogP contribution < -0.4 is 14.5 Å². The fourth-order valence-electron chi connectivity index (χ4n) is 6.44. The lowest BCUT2D eigenvalue weighted by molar-refractivity contribution is -0.139. The van der Waals surface area contributed by atoms with Crippen molar-refractivity contribution in [2.45, 2.75) is 32.6 Å². The molecule has 2 heterocycles. The Kier molecular flexibility index (Phi) is 4.83. The zero-order valence-electron chi connectivity index (χ0n) is 19.0. The Labute approximate surface area is 197 Å². The number of ether oxygens (including phenoxy) is 1. The van der Waals surface area contributed by atoms with E-state index in [1.165, 1.54) is 4.90 Å². The van der Waals surface area contributed by atoms with Gasteiger partial charge in [-0.15, -0.1) is 0 Å². The van der Waals surface area contributed by atoms with Crippen molar-refractivity contribution >= 4 is 35.1 Å². The van der Waals surface area contributed by atoms with Crippen molar-refractivity contribution in [3.8, 4) is 5.75 Å². The lowest BCUT2D eigenvalue weighted by Crippen LogP contribution is -2.32. The normalized spacial score (nSPS) is 29.8. The number of fused-ring (bicyclic) bond motifs is 5. The Morgan fingerprint density at radius 3 is 2.24 bits per heavy atom. The van der Waals surface area contributed by atoms with Gasteiger partial charge in [-0.05, 0) is 80.0 Å². The molecule has 0 unspecified atom stereocenters. The van der Waals surface area contributed by atoms with Crippen LogP contribution in [0, 0.1) is 36.5 Å². The largest absolute Gasteiger partial charge is 0.426 e. The maximum atomic E-state index is 13.0. The number of aryl methyl sites for hydroxylation is 1. The van der Waals surface area contributed by atoms with Crippen LogP contribution in [0.1, 0.15) is 31.2 Å². The number of imide groups is 1. The van der Waals surface area contributed by atoms with Gasteiger partial charge < -0.3 is 9.64 Å². The Bertz CT molecular complexity index is 1180. The van der Waals surface area contributed by atoms with Gasteiger partial charge in [0.2, 0.25) is 17.7 Å². The Balaban J connectivity index is 1.12. The summed E-state index contributed by atoms with van der Waals surface area (Å²) in [6, 6.07) is 14.1. The highest BCUT2D eigenvalue weighted by atomic mass is 16.5. The third-order valence-electron chi connectivity index (χ3n) is 8.01. The van der Waals surface area contributed by atoms with E-state index in [1.807, 2.05) is 31.2 Å². The van der Waals surface area contributed by atoms with Gasteiger partial charge in [-0.25, -0.2) is 0 Å². The molecule has 2 bridgehead atoms. The molecule has 0 aromatic heterocycles. The van der Waals surface area contributed by atoms with Crippen LogP contribution in [0.3, 0.4) is 0 Å². The molecule has 7 nitrogen and oxygen atoms in total. The number of amides is 3. The van der Waals surface area contributed by atoms with Crippen molar-refractivity contribution in [2.24, 2.45) is 29.6 Å². The molecule has 2 saturated heterocycles. The van der Waals surface area contributed by atoms with E-state index in [-0.39, 0.29) is 42.5 Å². The van der Waals surface area contributed by atoms with Crippen LogP contribution in [0.15, 0.2) is 48.5 Å². The van der Waals surface area contributed by atoms with Gasteiger partial charge in [0.1, 0.15) is 5.75 Å². The number of rotatable bonds is 4. The topological polar surface area (TPSA) is 84.0 Å². The molecular formula is C27H26N2O5. The molecule has 2 saturated carbocycles. The van der Waals surface area contributed by atoms with Gasteiger partial charge in [0.15, 0.2) is 0 Å². The first-order valence-corrected chi connectivity index (χ1v) is 12.0. The van der Waals surface area contributed by atoms with E-state index in [9.17, 15) is 19.2 Å². The van der Waals surface area contributed by atoms with E-state index in [4.69, 9.17) is 4.74 Å². The molecule has 6 rings (SSSR count). The quantitative estimate of drug-likeness (QED) is 0.398. The van der Waals surface area contributed by atoms with Crippen LogP contribution in [0.25, 0.3) is 0 Å². The van der Waals surface area contributed by atoms with Crippen LogP contribution in [0.4, 0.5) is 11.4 Å². The number of esters is 1. The van der Waals surface area contributed by atoms with Gasteiger partial charge in [0.05, 0.1) is 23.4 Å². The second-order valence-corrected chi connectivity index (χ2v) is 10.1. The smallest absolute Gasteiger partial charge is 0.316 e. The first-order chi connectivity index (χ1) is 16.4. The predicted molar refractivity (Wildman–Crippen MR) is 124 cm³/mol. The summed E-state index contributed by atoms with van der Waals surface area (Å²) < 4.78 is 5.54. The SMILES string of the molecule is Cc1cccc(N2C[C@@H](C(=O)Oc3ccc(N4C(=O)[C@@H]5[C@@H]6CC[C@@H](C6)[C@@H]5C4=O)cc3)CC2=O)c1. The van der Waals surface area contributed by atoms with Crippen molar-refractivity contribution in [3.63, 3.8) is 0 Å². The van der Waals surface area contributed by atoms with Gasteiger partial charge in [-0.3, -0.25) is 24.1 Å². The Morgan fingerprint density at radius 2 is 1.59 bits per heavy atom. The van der Waals surface area contributed by atoms with Crippen LogP contribution >= 0.6 is 0 Å². The summed E-state index contributed by atoms with van der Waals surface area (Å²) in [4.78, 5) is 54.2. The minimum Gasteiger partial charge on any atom is -0.426 e. The van der Waals surface area contributed by atoms with Crippen molar-refractivity contribution in [1.82, 2.24) is 0 Å². The van der Waals surface area contributed by atoms with Gasteiger partial charge in [-0.1, -0.05) is 12.1 Å². The molecular weight excluding hydrogens is 432 g/mol. The monoisotopic (exact) mass is 458 g/mol. The highest BCUT2D eigenvalue weighted by molar-refractivity contribution is 6.22. The van der Waals surface area contributed by atoms with E-state index in [0.717, 1.165) is 30.5 Å². The first-order valence-electron chi connectivity index (χ1n) is 12.0. The van der Waals surface area contributed by atoms with E-state index >= 15 is 0 Å². The summed E-state index contributed by atoms with van der Waals surface area (Å²) in [7, 11) is 0. The van der Waals surface area contributed by atoms with Crippen molar-refractivity contribution in [2.75, 3.05) is 16.3 Å². The number of anilines is 2. The molecule has 0 spiro atoms. The molecule has 5 atom stereocenters. The molecule has 174 valence electrons. The van der Waals surface area contributed by atoms with Crippen LogP contribution in [-0.2, 0) is 19.2 Å². The summed E-state index contributed by atoms with van der Waals surface area (Å²) in [5.74, 6) is -0.626. The molecule has 2 aromatic rings. The lowest BCUT2D eigenvalue weighted by atomic mass is 9.81. The summed E-state index contributed by atoms with van der Waals surface area (Å²) in [6.07, 6.45) is 3.18. The summed E-state index contributed by atoms with van der Waals surface area (Å²) in [6.45, 7) is 2.24. The standard InChI is InChI=1S/C27H26N2O5/c1-15-3-2-4-20(11-15)28-14-18(13-22(28)30)27(33)34-21-9-7-19(8-10-21)29-25(31)23-16-5-6-17(12-16)24(23)26(29)32/h2-4,7-11,16-18,23-24H,5-6,12-14H2,1H3/t16-,17+,18-,23-,24+/m0/s1. The lowest BCUT2D eigenvalue weighted by Gasteiger charge is -2.19. The molecule has 7 heteroatoms. The van der Waals surface area contributed by atoms with Crippen LogP contribution in [-0.4, -0.2) is 30.2 Å². The van der Waals surface area contributed by atoms with Gasteiger partial charge in [-0.2, -0.15) is 0 Å². The first kappa shape index (κ1) is 21.1. The summed E-state index contributed by atoms with van der Waals surface area (Å²) in [5, 5.41) is 0. The minimum absolute atomic E-state index is 0.0901. The molecule has 0 radical (unpaired) electrons. The molecule has 2 aliphatic carbocycles. The summed E-state index contributed by atoms with van der Waals surface area (Å²) in [5.41, 5.74) is 2.34. The molecule has 0 N–H and O–H groups in total. The van der Waals surface area contributed by atoms with E-state index in [0.29, 0.717) is 23.3 Å². The maximum Gasteiger partial charge on any atom is 0.316 e. The average molecular weight is 459 g/mol. The minimum atomic E-state index is -0.552. The number of carbonyl (C=O) groups is 4. The third-order valence-corrected chi connectivity index (χ3v) is 8.01. The van der Waals surface area contributed by atoms with E-state index < -0.39 is 11.9 Å². The van der Waals surface area contributed by atoms with Crippen LogP contribution in [0.2, 0.25) is 0 Å². The number of benzene rings is 2. The van der Waals surface area contributed by atoms with Gasteiger partial charge in [0.25, 0.3) is 0 Å². The second kappa shape index (κ2) is 7.79. The molecule has 4 aliphatic rings. The molecule has 34 heavy (non-hydrogen) atoms. The summed E-state index contributed by atoms with van der Waals surface area (Å²) >= 11 is 0. The maximum absolute atomic E-state index is 13.0. The molecule has 2 aliphatic heterocycles. The fraction of sp³-hybridized carbons (Fsp3) is 0.407. The average Bonchev–Trinajstić information content (AvgIpc) is 3.58. The molecule has 2 aromatic carbocycles. The molecule has 4 fully saturated rings. The number of hydrogen-bond acceptors (Lipinski definition) is 5. The predicted octanol–water partition coefficient (Wildman–Crippen LogP) is 3.49.